The lowest BCUT2D eigenvalue weighted by molar-refractivity contribution is 1.26. The monoisotopic (exact) mass is 115 g/mol. The summed E-state index contributed by atoms with van der Waals surface area (Å²) in [4.78, 5) is 11.2. The van der Waals surface area contributed by atoms with Gasteiger partial charge in [0.05, 0.1) is 0 Å². The summed E-state index contributed by atoms with van der Waals surface area (Å²) in [6.07, 6.45) is 1.51. The second kappa shape index (κ2) is 1.13. The molecule has 0 saturated carbocycles. The molecule has 0 aromatic heterocycles. The molecule has 2 aliphatic rings. The molecule has 36 valence electrons. The number of hydrogen-bond donors (Lipinski definition) is 0. The van der Waals surface area contributed by atoms with Crippen LogP contribution < -0.4 is 0 Å². The average molecular weight is 116 g/mol. The number of imidazole rings is 1. The first-order valence-corrected chi connectivity index (χ1v) is 1.66. The van der Waals surface area contributed by atoms with Crippen molar-refractivity contribution in [3.63, 3.8) is 0 Å². The van der Waals surface area contributed by atoms with E-state index in [-0.39, 0.29) is 12.4 Å². The molecule has 0 radical (unpaired) electrons. The Kier molecular flexibility index (Phi) is 0.722. The first-order chi connectivity index (χ1) is 2.97. The quantitative estimate of drug-likeness (QED) is 0.495. The highest BCUT2D eigenvalue weighted by molar-refractivity contribution is 5.85. The van der Waals surface area contributed by atoms with Crippen LogP contribution in [0.1, 0.15) is 0 Å². The lowest BCUT2D eigenvalue weighted by Crippen LogP contribution is -1.52. The van der Waals surface area contributed by atoms with Gasteiger partial charge < -0.3 is 0 Å². The molecule has 0 aromatic rings. The van der Waals surface area contributed by atoms with Crippen molar-refractivity contribution in [1.82, 2.24) is 15.0 Å². The van der Waals surface area contributed by atoms with Crippen LogP contribution in [0.3, 0.4) is 0 Å². The Morgan fingerprint density at radius 3 is 1.86 bits per heavy atom. The van der Waals surface area contributed by atoms with Gasteiger partial charge in [0.2, 0.25) is 11.6 Å². The molecule has 2 aliphatic heterocycles. The predicted molar refractivity (Wildman–Crippen MR) is 26.1 cm³/mol. The number of hydrogen-bond acceptors (Lipinski definition) is 3. The number of nitrogens with zero attached hydrogens (tertiary/aromatic N) is 3. The van der Waals surface area contributed by atoms with Gasteiger partial charge in [-0.25, -0.2) is 15.0 Å². The van der Waals surface area contributed by atoms with E-state index in [2.05, 4.69) is 15.0 Å². The summed E-state index contributed by atoms with van der Waals surface area (Å²) in [7, 11) is 0. The molecule has 0 saturated heterocycles. The molecule has 0 aliphatic carbocycles. The first-order valence-electron chi connectivity index (χ1n) is 1.66. The molecular weight excluding hydrogens is 114 g/mol. The van der Waals surface area contributed by atoms with Gasteiger partial charge in [0.1, 0.15) is 6.33 Å². The van der Waals surface area contributed by atoms with E-state index in [4.69, 9.17) is 0 Å². The lowest BCUT2D eigenvalue weighted by Gasteiger charge is -1.47. The van der Waals surface area contributed by atoms with Crippen LogP contribution in [0, 0.1) is 0 Å². The molecule has 0 amide bonds. The molecule has 7 heavy (non-hydrogen) atoms. The highest BCUT2D eigenvalue weighted by Gasteiger charge is 2.16. The van der Waals surface area contributed by atoms with Crippen molar-refractivity contribution < 1.29 is 0 Å². The number of aromatic nitrogens is 3. The minimum Gasteiger partial charge on any atom is -0.213 e. The van der Waals surface area contributed by atoms with Gasteiger partial charge in [-0.3, -0.25) is 0 Å². The van der Waals surface area contributed by atoms with Gasteiger partial charge in [-0.05, 0) is 0 Å². The average Bonchev–Trinajstić information content (AvgIpc) is 2.17. The fourth-order valence-corrected chi connectivity index (χ4v) is 0.384. The van der Waals surface area contributed by atoms with Crippen molar-refractivity contribution in [1.29, 1.82) is 0 Å². The summed E-state index contributed by atoms with van der Waals surface area (Å²) >= 11 is 0. The molecule has 2 rings (SSSR count). The van der Waals surface area contributed by atoms with Crippen molar-refractivity contribution in [3.05, 3.63) is 6.33 Å². The van der Waals surface area contributed by atoms with E-state index in [9.17, 15) is 0 Å². The summed E-state index contributed by atoms with van der Waals surface area (Å²) in [6, 6.07) is 0. The standard InChI is InChI=1S/C3HN3.ClH/c1-4-2-3(5-1)6-2;/h1H;1H. The Hall–Kier alpha value is -0.700. The molecule has 0 spiro atoms. The zero-order valence-corrected chi connectivity index (χ0v) is 4.14. The van der Waals surface area contributed by atoms with Crippen LogP contribution in [0.4, 0.5) is 0 Å². The Bertz CT molecular complexity index is 170. The van der Waals surface area contributed by atoms with E-state index >= 15 is 0 Å². The SMILES string of the molecule is Cl.c1nc2nc-2n1. The maximum absolute atomic E-state index is 3.73. The highest BCUT2D eigenvalue weighted by Crippen LogP contribution is 2.17. The third-order valence-corrected chi connectivity index (χ3v) is 0.722. The molecule has 4 heteroatoms. The summed E-state index contributed by atoms with van der Waals surface area (Å²) in [5.41, 5.74) is 0. The zero-order valence-electron chi connectivity index (χ0n) is 3.33. The Morgan fingerprint density at radius 1 is 1.14 bits per heavy atom. The van der Waals surface area contributed by atoms with E-state index in [1.54, 1.807) is 0 Å². The van der Waals surface area contributed by atoms with E-state index < -0.39 is 0 Å². The summed E-state index contributed by atoms with van der Waals surface area (Å²) in [6.45, 7) is 0. The van der Waals surface area contributed by atoms with Crippen LogP contribution in [0.5, 0.6) is 0 Å². The van der Waals surface area contributed by atoms with Crippen molar-refractivity contribution in [2.24, 2.45) is 0 Å². The smallest absolute Gasteiger partial charge is 0.201 e. The van der Waals surface area contributed by atoms with Crippen LogP contribution in [0.2, 0.25) is 0 Å². The highest BCUT2D eigenvalue weighted by atomic mass is 35.5. The molecular formula is C3H2ClN3. The zero-order chi connectivity index (χ0) is 3.98. The Balaban J connectivity index is 0.000000245. The molecule has 0 N–H and O–H groups in total. The minimum absolute atomic E-state index is 0. The van der Waals surface area contributed by atoms with Gasteiger partial charge in [-0.2, -0.15) is 0 Å². The van der Waals surface area contributed by atoms with Crippen molar-refractivity contribution in [3.8, 4) is 11.6 Å². The molecule has 0 unspecified atom stereocenters. The van der Waals surface area contributed by atoms with Gasteiger partial charge in [0.25, 0.3) is 0 Å². The van der Waals surface area contributed by atoms with Crippen LogP contribution in [0.15, 0.2) is 6.33 Å². The normalized spacial score (nSPS) is 9.71. The second-order valence-corrected chi connectivity index (χ2v) is 1.13. The van der Waals surface area contributed by atoms with E-state index in [1.807, 2.05) is 0 Å². The molecule has 0 aromatic carbocycles. The predicted octanol–water partition coefficient (Wildman–Crippen LogP) is 0.274. The van der Waals surface area contributed by atoms with Crippen LogP contribution in [0.25, 0.3) is 11.6 Å². The maximum atomic E-state index is 3.73. The van der Waals surface area contributed by atoms with Crippen LogP contribution in [-0.2, 0) is 0 Å². The fourth-order valence-electron chi connectivity index (χ4n) is 0.384. The van der Waals surface area contributed by atoms with Gasteiger partial charge in [-0.1, -0.05) is 0 Å². The van der Waals surface area contributed by atoms with Gasteiger partial charge in [0, 0.05) is 0 Å². The number of fused-ring (bicyclic) bond motifs is 1. The summed E-state index contributed by atoms with van der Waals surface area (Å²) in [5.74, 6) is 1.63. The summed E-state index contributed by atoms with van der Waals surface area (Å²) in [5, 5.41) is 0. The number of halogens is 1. The Labute approximate surface area is 46.2 Å². The van der Waals surface area contributed by atoms with Crippen LogP contribution >= 0.6 is 12.4 Å². The van der Waals surface area contributed by atoms with Crippen molar-refractivity contribution in [2.45, 2.75) is 0 Å². The molecule has 2 heterocycles. The van der Waals surface area contributed by atoms with Gasteiger partial charge in [-0.15, -0.1) is 12.4 Å². The Morgan fingerprint density at radius 2 is 1.71 bits per heavy atom. The number of rotatable bonds is 0. The molecule has 0 fully saturated rings. The van der Waals surface area contributed by atoms with Gasteiger partial charge in [0.15, 0.2) is 0 Å². The molecule has 3 nitrogen and oxygen atoms in total. The fraction of sp³-hybridized carbons (Fsp3) is 0. The first kappa shape index (κ1) is 4.46. The van der Waals surface area contributed by atoms with E-state index in [1.165, 1.54) is 6.33 Å². The third-order valence-electron chi connectivity index (χ3n) is 0.722. The topological polar surface area (TPSA) is 38.7 Å². The summed E-state index contributed by atoms with van der Waals surface area (Å²) < 4.78 is 0. The largest absolute Gasteiger partial charge is 0.213 e. The van der Waals surface area contributed by atoms with Crippen LogP contribution in [-0.4, -0.2) is 15.0 Å². The second-order valence-electron chi connectivity index (χ2n) is 1.13. The van der Waals surface area contributed by atoms with E-state index in [0.29, 0.717) is 0 Å². The molecule has 0 atom stereocenters. The lowest BCUT2D eigenvalue weighted by atomic mass is 10.8. The van der Waals surface area contributed by atoms with Crippen molar-refractivity contribution in [2.75, 3.05) is 0 Å². The maximum Gasteiger partial charge on any atom is 0.201 e. The van der Waals surface area contributed by atoms with Gasteiger partial charge >= 0.3 is 0 Å². The van der Waals surface area contributed by atoms with Crippen molar-refractivity contribution >= 4 is 12.4 Å². The minimum atomic E-state index is 0. The molecule has 0 bridgehead atoms. The third kappa shape index (κ3) is 0.452. The van der Waals surface area contributed by atoms with E-state index in [0.717, 1.165) is 11.6 Å².